The summed E-state index contributed by atoms with van der Waals surface area (Å²) in [4.78, 5) is 11.0. The molecule has 0 bridgehead atoms. The van der Waals surface area contributed by atoms with Gasteiger partial charge >= 0.3 is 5.97 Å². The molecule has 1 aromatic rings. The molecule has 0 aromatic heterocycles. The smallest absolute Gasteiger partial charge is 0.312 e. The molecule has 0 aliphatic carbocycles. The minimum absolute atomic E-state index is 0.131. The normalized spacial score (nSPS) is 11.3. The Hall–Kier alpha value is -1.07. The zero-order valence-corrected chi connectivity index (χ0v) is 12.2. The quantitative estimate of drug-likeness (QED) is 0.845. The second-order valence-corrected chi connectivity index (χ2v) is 5.62. The Bertz CT molecular complexity index is 432. The van der Waals surface area contributed by atoms with E-state index in [9.17, 15) is 4.79 Å². The third-order valence-electron chi connectivity index (χ3n) is 2.61. The maximum atomic E-state index is 11.0. The molecular weight excluding hydrogens is 298 g/mol. The van der Waals surface area contributed by atoms with E-state index >= 15 is 0 Å². The molecule has 0 saturated heterocycles. The number of aliphatic carboxylic acids is 1. The minimum atomic E-state index is -0.902. The molecule has 5 heteroatoms. The number of hydrogen-bond acceptors (Lipinski definition) is 3. The van der Waals surface area contributed by atoms with Gasteiger partial charge in [-0.05, 0) is 50.6 Å². The van der Waals surface area contributed by atoms with E-state index in [4.69, 9.17) is 15.6 Å². The van der Waals surface area contributed by atoms with E-state index in [1.54, 1.807) is 13.8 Å². The fraction of sp³-hybridized carbons (Fsp3) is 0.462. The molecule has 0 saturated carbocycles. The Balaban J connectivity index is 2.74. The van der Waals surface area contributed by atoms with Gasteiger partial charge in [0.25, 0.3) is 0 Å². The van der Waals surface area contributed by atoms with Crippen LogP contribution in [0, 0.1) is 5.41 Å². The van der Waals surface area contributed by atoms with Crippen molar-refractivity contribution in [3.63, 3.8) is 0 Å². The molecule has 3 N–H and O–H groups in total. The van der Waals surface area contributed by atoms with Crippen molar-refractivity contribution < 1.29 is 14.6 Å². The SMILES string of the molecule is CC(C)(COc1ccc(Br)c(CCN)c1)C(=O)O. The van der Waals surface area contributed by atoms with E-state index in [0.717, 1.165) is 16.5 Å². The molecule has 0 aliphatic rings. The van der Waals surface area contributed by atoms with Crippen LogP contribution >= 0.6 is 15.9 Å². The summed E-state index contributed by atoms with van der Waals surface area (Å²) in [5.41, 5.74) is 5.68. The Kier molecular flexibility index (Phi) is 5.16. The maximum Gasteiger partial charge on any atom is 0.312 e. The lowest BCUT2D eigenvalue weighted by Crippen LogP contribution is -2.30. The molecular formula is C13H18BrNO3. The van der Waals surface area contributed by atoms with Gasteiger partial charge in [-0.3, -0.25) is 4.79 Å². The molecule has 0 radical (unpaired) electrons. The number of halogens is 1. The molecule has 0 amide bonds. The molecule has 4 nitrogen and oxygen atoms in total. The molecule has 0 atom stereocenters. The first kappa shape index (κ1) is 15.0. The van der Waals surface area contributed by atoms with Crippen molar-refractivity contribution in [2.75, 3.05) is 13.2 Å². The molecule has 100 valence electrons. The number of carbonyl (C=O) groups is 1. The molecule has 0 heterocycles. The van der Waals surface area contributed by atoms with Crippen molar-refractivity contribution in [3.05, 3.63) is 28.2 Å². The maximum absolute atomic E-state index is 11.0. The number of ether oxygens (including phenoxy) is 1. The number of carboxylic acids is 1. The lowest BCUT2D eigenvalue weighted by molar-refractivity contribution is -0.148. The van der Waals surface area contributed by atoms with Gasteiger partial charge in [0.2, 0.25) is 0 Å². The van der Waals surface area contributed by atoms with Crippen molar-refractivity contribution in [1.29, 1.82) is 0 Å². The zero-order chi connectivity index (χ0) is 13.8. The fourth-order valence-corrected chi connectivity index (χ4v) is 1.76. The predicted molar refractivity (Wildman–Crippen MR) is 73.8 cm³/mol. The average Bonchev–Trinajstić information content (AvgIpc) is 2.30. The van der Waals surface area contributed by atoms with E-state index in [1.807, 2.05) is 18.2 Å². The largest absolute Gasteiger partial charge is 0.492 e. The van der Waals surface area contributed by atoms with Crippen molar-refractivity contribution in [3.8, 4) is 5.75 Å². The van der Waals surface area contributed by atoms with Gasteiger partial charge < -0.3 is 15.6 Å². The van der Waals surface area contributed by atoms with Crippen LogP contribution in [0.2, 0.25) is 0 Å². The lowest BCUT2D eigenvalue weighted by atomic mass is 9.95. The third-order valence-corrected chi connectivity index (χ3v) is 3.38. The average molecular weight is 316 g/mol. The van der Waals surface area contributed by atoms with Crippen LogP contribution in [-0.2, 0) is 11.2 Å². The van der Waals surface area contributed by atoms with Gasteiger partial charge in [-0.2, -0.15) is 0 Å². The molecule has 1 rings (SSSR count). The van der Waals surface area contributed by atoms with Crippen molar-refractivity contribution in [2.45, 2.75) is 20.3 Å². The van der Waals surface area contributed by atoms with E-state index in [1.165, 1.54) is 0 Å². The molecule has 0 aliphatic heterocycles. The van der Waals surface area contributed by atoms with Gasteiger partial charge in [-0.25, -0.2) is 0 Å². The zero-order valence-electron chi connectivity index (χ0n) is 10.6. The van der Waals surface area contributed by atoms with Crippen LogP contribution < -0.4 is 10.5 Å². The number of carboxylic acid groups (broad SMARTS) is 1. The summed E-state index contributed by atoms with van der Waals surface area (Å²) in [7, 11) is 0. The number of hydrogen-bond donors (Lipinski definition) is 2. The van der Waals surface area contributed by atoms with Gasteiger partial charge in [0.1, 0.15) is 12.4 Å². The molecule has 0 fully saturated rings. The predicted octanol–water partition coefficient (Wildman–Crippen LogP) is 2.44. The first-order valence-electron chi connectivity index (χ1n) is 5.71. The van der Waals surface area contributed by atoms with Crippen LogP contribution in [0.15, 0.2) is 22.7 Å². The molecule has 18 heavy (non-hydrogen) atoms. The summed E-state index contributed by atoms with van der Waals surface area (Å²) < 4.78 is 6.52. The van der Waals surface area contributed by atoms with Gasteiger partial charge in [0.05, 0.1) is 5.41 Å². The van der Waals surface area contributed by atoms with Crippen LogP contribution in [0.3, 0.4) is 0 Å². The summed E-state index contributed by atoms with van der Waals surface area (Å²) in [6.07, 6.45) is 0.750. The van der Waals surface area contributed by atoms with E-state index in [0.29, 0.717) is 12.3 Å². The van der Waals surface area contributed by atoms with E-state index < -0.39 is 11.4 Å². The summed E-state index contributed by atoms with van der Waals surface area (Å²) >= 11 is 3.44. The Labute approximate surface area is 115 Å². The number of rotatable bonds is 6. The monoisotopic (exact) mass is 315 g/mol. The summed E-state index contributed by atoms with van der Waals surface area (Å²) in [6, 6.07) is 5.57. The van der Waals surface area contributed by atoms with Crippen LogP contribution in [0.1, 0.15) is 19.4 Å². The molecule has 0 unspecified atom stereocenters. The van der Waals surface area contributed by atoms with Gasteiger partial charge in [0, 0.05) is 4.47 Å². The lowest BCUT2D eigenvalue weighted by Gasteiger charge is -2.20. The number of benzene rings is 1. The highest BCUT2D eigenvalue weighted by molar-refractivity contribution is 9.10. The highest BCUT2D eigenvalue weighted by Crippen LogP contribution is 2.25. The van der Waals surface area contributed by atoms with Gasteiger partial charge in [-0.1, -0.05) is 15.9 Å². The summed E-state index contributed by atoms with van der Waals surface area (Å²) in [6.45, 7) is 3.96. The fourth-order valence-electron chi connectivity index (χ4n) is 1.31. The van der Waals surface area contributed by atoms with E-state index in [-0.39, 0.29) is 6.61 Å². The van der Waals surface area contributed by atoms with Crippen LogP contribution in [-0.4, -0.2) is 24.2 Å². The summed E-state index contributed by atoms with van der Waals surface area (Å²) in [5.74, 6) is -0.210. The topological polar surface area (TPSA) is 72.5 Å². The Morgan fingerprint density at radius 3 is 2.72 bits per heavy atom. The van der Waals surface area contributed by atoms with Crippen LogP contribution in [0.25, 0.3) is 0 Å². The summed E-state index contributed by atoms with van der Waals surface area (Å²) in [5, 5.41) is 9.00. The number of nitrogens with two attached hydrogens (primary N) is 1. The van der Waals surface area contributed by atoms with Crippen LogP contribution in [0.5, 0.6) is 5.75 Å². The van der Waals surface area contributed by atoms with Crippen LogP contribution in [0.4, 0.5) is 0 Å². The standard InChI is InChI=1S/C13H18BrNO3/c1-13(2,12(16)17)8-18-10-3-4-11(14)9(7-10)5-6-15/h3-4,7H,5-6,8,15H2,1-2H3,(H,16,17). The Morgan fingerprint density at radius 2 is 2.17 bits per heavy atom. The third kappa shape index (κ3) is 3.99. The second kappa shape index (κ2) is 6.20. The second-order valence-electron chi connectivity index (χ2n) is 4.77. The van der Waals surface area contributed by atoms with Crippen molar-refractivity contribution in [2.24, 2.45) is 11.1 Å². The first-order chi connectivity index (χ1) is 8.36. The van der Waals surface area contributed by atoms with Crippen molar-refractivity contribution in [1.82, 2.24) is 0 Å². The Morgan fingerprint density at radius 1 is 1.50 bits per heavy atom. The molecule has 0 spiro atoms. The minimum Gasteiger partial charge on any atom is -0.492 e. The highest BCUT2D eigenvalue weighted by Gasteiger charge is 2.28. The van der Waals surface area contributed by atoms with Gasteiger partial charge in [0.15, 0.2) is 0 Å². The molecule has 1 aromatic carbocycles. The first-order valence-corrected chi connectivity index (χ1v) is 6.51. The highest BCUT2D eigenvalue weighted by atomic mass is 79.9. The van der Waals surface area contributed by atoms with E-state index in [2.05, 4.69) is 15.9 Å². The van der Waals surface area contributed by atoms with Gasteiger partial charge in [-0.15, -0.1) is 0 Å². The van der Waals surface area contributed by atoms with Crippen molar-refractivity contribution >= 4 is 21.9 Å².